The van der Waals surface area contributed by atoms with Crippen LogP contribution in [0.3, 0.4) is 0 Å². The lowest BCUT2D eigenvalue weighted by atomic mass is 10.1. The Balaban J connectivity index is 2.55. The fourth-order valence-corrected chi connectivity index (χ4v) is 2.44. The van der Waals surface area contributed by atoms with Crippen LogP contribution in [0.2, 0.25) is 0 Å². The number of benzene rings is 1. The Morgan fingerprint density at radius 2 is 2.05 bits per heavy atom. The molecule has 0 aliphatic carbocycles. The van der Waals surface area contributed by atoms with Crippen molar-refractivity contribution in [3.8, 4) is 22.9 Å². The molecule has 0 amide bonds. The number of aryl methyl sites for hydroxylation is 1. The van der Waals surface area contributed by atoms with Gasteiger partial charge in [-0.05, 0) is 34.5 Å². The van der Waals surface area contributed by atoms with E-state index in [2.05, 4.69) is 38.1 Å². The van der Waals surface area contributed by atoms with Crippen LogP contribution in [-0.4, -0.2) is 29.2 Å². The summed E-state index contributed by atoms with van der Waals surface area (Å²) in [6.45, 7) is 2.11. The average molecular weight is 352 g/mol. The molecule has 1 heterocycles. The van der Waals surface area contributed by atoms with Crippen LogP contribution in [0, 0.1) is 0 Å². The number of anilines is 1. The maximum atomic E-state index is 9.88. The smallest absolute Gasteiger partial charge is 0.172 e. The maximum Gasteiger partial charge on any atom is 0.172 e. The Labute approximate surface area is 132 Å². The molecule has 0 aliphatic rings. The minimum absolute atomic E-state index is 0.0693. The van der Waals surface area contributed by atoms with Gasteiger partial charge in [0.1, 0.15) is 5.82 Å². The molecule has 0 bridgehead atoms. The maximum absolute atomic E-state index is 9.88. The molecule has 0 radical (unpaired) electrons. The second kappa shape index (κ2) is 6.76. The first kappa shape index (κ1) is 15.6. The van der Waals surface area contributed by atoms with E-state index in [0.717, 1.165) is 29.9 Å². The lowest BCUT2D eigenvalue weighted by Gasteiger charge is -2.10. The van der Waals surface area contributed by atoms with Crippen molar-refractivity contribution in [1.82, 2.24) is 9.97 Å². The molecule has 112 valence electrons. The zero-order chi connectivity index (χ0) is 15.4. The van der Waals surface area contributed by atoms with Gasteiger partial charge in [0.25, 0.3) is 0 Å². The summed E-state index contributed by atoms with van der Waals surface area (Å²) in [6.07, 6.45) is 1.91. The second-order valence-corrected chi connectivity index (χ2v) is 5.43. The third-order valence-corrected chi connectivity index (χ3v) is 3.65. The van der Waals surface area contributed by atoms with Crippen LogP contribution in [0.15, 0.2) is 22.7 Å². The average Bonchev–Trinajstić information content (AvgIpc) is 2.49. The summed E-state index contributed by atoms with van der Waals surface area (Å²) in [7, 11) is 3.34. The molecule has 2 aromatic rings. The summed E-state index contributed by atoms with van der Waals surface area (Å²) in [5.74, 6) is 1.82. The molecule has 0 fully saturated rings. The highest BCUT2D eigenvalue weighted by Crippen LogP contribution is 2.37. The van der Waals surface area contributed by atoms with Crippen molar-refractivity contribution < 1.29 is 9.84 Å². The number of ether oxygens (including phenoxy) is 1. The topological polar surface area (TPSA) is 67.3 Å². The fraction of sp³-hybridized carbons (Fsp3) is 0.333. The van der Waals surface area contributed by atoms with Gasteiger partial charge in [-0.1, -0.05) is 13.3 Å². The van der Waals surface area contributed by atoms with E-state index in [1.807, 2.05) is 13.1 Å². The van der Waals surface area contributed by atoms with Crippen molar-refractivity contribution in [2.24, 2.45) is 0 Å². The van der Waals surface area contributed by atoms with Crippen LogP contribution in [0.1, 0.15) is 19.0 Å². The van der Waals surface area contributed by atoms with Crippen LogP contribution in [0.4, 0.5) is 5.82 Å². The van der Waals surface area contributed by atoms with E-state index in [0.29, 0.717) is 16.0 Å². The van der Waals surface area contributed by atoms with Gasteiger partial charge >= 0.3 is 0 Å². The molecule has 5 nitrogen and oxygen atoms in total. The van der Waals surface area contributed by atoms with Crippen molar-refractivity contribution in [2.75, 3.05) is 19.5 Å². The molecule has 0 unspecified atom stereocenters. The molecule has 2 N–H and O–H groups in total. The van der Waals surface area contributed by atoms with Gasteiger partial charge in [-0.3, -0.25) is 0 Å². The Kier molecular flexibility index (Phi) is 5.01. The van der Waals surface area contributed by atoms with E-state index >= 15 is 0 Å². The molecular formula is C15H18BrN3O2. The summed E-state index contributed by atoms with van der Waals surface area (Å²) in [5, 5.41) is 12.9. The molecule has 0 saturated heterocycles. The van der Waals surface area contributed by atoms with Crippen LogP contribution in [0.25, 0.3) is 11.4 Å². The number of phenolic OH excluding ortho intramolecular Hbond substituents is 1. The summed E-state index contributed by atoms with van der Waals surface area (Å²) in [4.78, 5) is 9.05. The number of aromatic hydroxyl groups is 1. The zero-order valence-electron chi connectivity index (χ0n) is 12.3. The summed E-state index contributed by atoms with van der Waals surface area (Å²) in [5.41, 5.74) is 1.76. The van der Waals surface area contributed by atoms with Crippen molar-refractivity contribution in [1.29, 1.82) is 0 Å². The molecule has 0 atom stereocenters. The Morgan fingerprint density at radius 1 is 1.29 bits per heavy atom. The molecule has 2 rings (SSSR count). The highest BCUT2D eigenvalue weighted by molar-refractivity contribution is 9.10. The molecule has 6 heteroatoms. The standard InChI is InChI=1S/C15H18BrN3O2/c1-4-5-10-8-13(17-2)19-15(18-10)9-6-11(16)14(20)12(7-9)21-3/h6-8,20H,4-5H2,1-3H3,(H,17,18,19). The van der Waals surface area contributed by atoms with Crippen molar-refractivity contribution in [2.45, 2.75) is 19.8 Å². The van der Waals surface area contributed by atoms with E-state index in [-0.39, 0.29) is 5.75 Å². The predicted octanol–water partition coefficient (Wildman–Crippen LogP) is 3.61. The number of hydrogen-bond acceptors (Lipinski definition) is 5. The van der Waals surface area contributed by atoms with E-state index in [9.17, 15) is 5.11 Å². The van der Waals surface area contributed by atoms with E-state index in [4.69, 9.17) is 4.74 Å². The Hall–Kier alpha value is -1.82. The third-order valence-electron chi connectivity index (χ3n) is 3.05. The number of halogens is 1. The number of nitrogens with zero attached hydrogens (tertiary/aromatic N) is 2. The number of rotatable bonds is 5. The lowest BCUT2D eigenvalue weighted by molar-refractivity contribution is 0.372. The summed E-state index contributed by atoms with van der Waals surface area (Å²) >= 11 is 3.32. The normalized spacial score (nSPS) is 10.5. The first-order chi connectivity index (χ1) is 10.1. The highest BCUT2D eigenvalue weighted by Gasteiger charge is 2.13. The van der Waals surface area contributed by atoms with Gasteiger partial charge in [0.15, 0.2) is 17.3 Å². The molecule has 0 spiro atoms. The van der Waals surface area contributed by atoms with Gasteiger partial charge in [-0.2, -0.15) is 0 Å². The molecule has 21 heavy (non-hydrogen) atoms. The van der Waals surface area contributed by atoms with Gasteiger partial charge in [-0.25, -0.2) is 9.97 Å². The van der Waals surface area contributed by atoms with Crippen molar-refractivity contribution >= 4 is 21.7 Å². The number of aromatic nitrogens is 2. The second-order valence-electron chi connectivity index (χ2n) is 4.58. The molecule has 1 aromatic heterocycles. The van der Waals surface area contributed by atoms with E-state index < -0.39 is 0 Å². The Morgan fingerprint density at radius 3 is 2.67 bits per heavy atom. The molecular weight excluding hydrogens is 334 g/mol. The zero-order valence-corrected chi connectivity index (χ0v) is 13.9. The monoisotopic (exact) mass is 351 g/mol. The summed E-state index contributed by atoms with van der Waals surface area (Å²) < 4.78 is 5.72. The summed E-state index contributed by atoms with van der Waals surface area (Å²) in [6, 6.07) is 5.45. The van der Waals surface area contributed by atoms with Gasteiger partial charge < -0.3 is 15.2 Å². The van der Waals surface area contributed by atoms with Crippen molar-refractivity contribution in [3.63, 3.8) is 0 Å². The number of hydrogen-bond donors (Lipinski definition) is 2. The minimum atomic E-state index is 0.0693. The van der Waals surface area contributed by atoms with Gasteiger partial charge in [-0.15, -0.1) is 0 Å². The lowest BCUT2D eigenvalue weighted by Crippen LogP contribution is -2.01. The van der Waals surface area contributed by atoms with Crippen LogP contribution < -0.4 is 10.1 Å². The SMILES string of the molecule is CCCc1cc(NC)nc(-c2cc(Br)c(O)c(OC)c2)n1. The molecule has 0 aliphatic heterocycles. The van der Waals surface area contributed by atoms with Gasteiger partial charge in [0, 0.05) is 24.4 Å². The molecule has 1 aromatic carbocycles. The van der Waals surface area contributed by atoms with E-state index in [1.54, 1.807) is 12.1 Å². The first-order valence-corrected chi connectivity index (χ1v) is 7.51. The van der Waals surface area contributed by atoms with Gasteiger partial charge in [0.05, 0.1) is 11.6 Å². The highest BCUT2D eigenvalue weighted by atomic mass is 79.9. The third kappa shape index (κ3) is 3.44. The predicted molar refractivity (Wildman–Crippen MR) is 86.9 cm³/mol. The minimum Gasteiger partial charge on any atom is -0.503 e. The number of methoxy groups -OCH3 is 1. The number of nitrogens with one attached hydrogen (secondary N) is 1. The first-order valence-electron chi connectivity index (χ1n) is 6.71. The Bertz CT molecular complexity index is 647. The van der Waals surface area contributed by atoms with Crippen LogP contribution in [0.5, 0.6) is 11.5 Å². The number of phenols is 1. The fourth-order valence-electron chi connectivity index (χ4n) is 2.00. The van der Waals surface area contributed by atoms with E-state index in [1.165, 1.54) is 7.11 Å². The quantitative estimate of drug-likeness (QED) is 0.860. The largest absolute Gasteiger partial charge is 0.503 e. The van der Waals surface area contributed by atoms with Crippen molar-refractivity contribution in [3.05, 3.63) is 28.4 Å². The van der Waals surface area contributed by atoms with Crippen LogP contribution in [-0.2, 0) is 6.42 Å². The molecule has 0 saturated carbocycles. The van der Waals surface area contributed by atoms with Gasteiger partial charge in [0.2, 0.25) is 0 Å². The van der Waals surface area contributed by atoms with Crippen LogP contribution >= 0.6 is 15.9 Å².